The first-order valence-corrected chi connectivity index (χ1v) is 9.98. The Morgan fingerprint density at radius 1 is 1.10 bits per heavy atom. The van der Waals surface area contributed by atoms with E-state index >= 15 is 0 Å². The summed E-state index contributed by atoms with van der Waals surface area (Å²) in [7, 11) is 0. The summed E-state index contributed by atoms with van der Waals surface area (Å²) in [6.45, 7) is 3.62. The Kier molecular flexibility index (Phi) is 7.27. The van der Waals surface area contributed by atoms with Gasteiger partial charge in [-0.2, -0.15) is 13.2 Å². The van der Waals surface area contributed by atoms with Crippen LogP contribution in [-0.2, 0) is 6.18 Å². The van der Waals surface area contributed by atoms with Crippen LogP contribution >= 0.6 is 23.2 Å². The van der Waals surface area contributed by atoms with Crippen molar-refractivity contribution < 1.29 is 18.0 Å². The van der Waals surface area contributed by atoms with E-state index in [0.29, 0.717) is 55.8 Å². The maximum Gasteiger partial charge on any atom is 0.417 e. The van der Waals surface area contributed by atoms with Crippen molar-refractivity contribution in [3.8, 4) is 0 Å². The molecule has 0 aliphatic carbocycles. The molecule has 1 aromatic heterocycles. The Morgan fingerprint density at radius 3 is 2.37 bits per heavy atom. The molecule has 2 aromatic rings. The Labute approximate surface area is 182 Å². The molecule has 162 valence electrons. The molecule has 11 heteroatoms. The minimum Gasteiger partial charge on any atom is -0.353 e. The standard InChI is InChI=1S/C19H20Cl2F3N5O/c20-14-1-3-15(4-2-14)27-18(30)25-5-6-28-7-9-29(10-8-28)17-16(21)11-13(12-26-17)19(22,23)24/h1-4,11-12H,5-10H2,(H2,25,27,30). The van der Waals surface area contributed by atoms with E-state index in [9.17, 15) is 18.0 Å². The summed E-state index contributed by atoms with van der Waals surface area (Å²) in [5.41, 5.74) is -0.218. The molecular weight excluding hydrogens is 442 g/mol. The second-order valence-electron chi connectivity index (χ2n) is 6.74. The number of aromatic nitrogens is 1. The monoisotopic (exact) mass is 461 g/mol. The zero-order valence-corrected chi connectivity index (χ0v) is 17.4. The lowest BCUT2D eigenvalue weighted by Crippen LogP contribution is -2.49. The van der Waals surface area contributed by atoms with E-state index in [1.165, 1.54) is 0 Å². The minimum absolute atomic E-state index is 0.0150. The average molecular weight is 462 g/mol. The van der Waals surface area contributed by atoms with Gasteiger partial charge < -0.3 is 15.5 Å². The molecule has 1 aliphatic rings. The van der Waals surface area contributed by atoms with Crippen molar-refractivity contribution in [2.45, 2.75) is 6.18 Å². The van der Waals surface area contributed by atoms with Gasteiger partial charge in [0.1, 0.15) is 5.82 Å². The number of hydrogen-bond donors (Lipinski definition) is 2. The van der Waals surface area contributed by atoms with Gasteiger partial charge in [-0.1, -0.05) is 23.2 Å². The lowest BCUT2D eigenvalue weighted by atomic mass is 10.2. The molecule has 0 saturated carbocycles. The molecule has 2 heterocycles. The summed E-state index contributed by atoms with van der Waals surface area (Å²) >= 11 is 11.8. The Balaban J connectivity index is 1.41. The molecule has 30 heavy (non-hydrogen) atoms. The first-order chi connectivity index (χ1) is 14.2. The van der Waals surface area contributed by atoms with Gasteiger partial charge in [0.25, 0.3) is 0 Å². The number of rotatable bonds is 5. The Bertz CT molecular complexity index is 871. The number of halogens is 5. The molecule has 1 saturated heterocycles. The normalized spacial score (nSPS) is 15.2. The van der Waals surface area contributed by atoms with Crippen LogP contribution in [0.4, 0.5) is 29.5 Å². The number of nitrogens with one attached hydrogen (secondary N) is 2. The summed E-state index contributed by atoms with van der Waals surface area (Å²) in [5.74, 6) is 0.352. The third-order valence-corrected chi connectivity index (χ3v) is 5.17. The Hall–Kier alpha value is -2.23. The smallest absolute Gasteiger partial charge is 0.353 e. The van der Waals surface area contributed by atoms with Crippen molar-refractivity contribution in [2.24, 2.45) is 0 Å². The van der Waals surface area contributed by atoms with E-state index in [-0.39, 0.29) is 11.1 Å². The fraction of sp³-hybridized carbons (Fsp3) is 0.368. The predicted molar refractivity (Wildman–Crippen MR) is 111 cm³/mol. The van der Waals surface area contributed by atoms with Crippen molar-refractivity contribution in [2.75, 3.05) is 49.5 Å². The number of alkyl halides is 3. The Morgan fingerprint density at radius 2 is 1.77 bits per heavy atom. The highest BCUT2D eigenvalue weighted by Crippen LogP contribution is 2.33. The van der Waals surface area contributed by atoms with Crippen molar-refractivity contribution in [3.05, 3.63) is 52.1 Å². The van der Waals surface area contributed by atoms with Crippen molar-refractivity contribution in [3.63, 3.8) is 0 Å². The van der Waals surface area contributed by atoms with Gasteiger partial charge in [-0.05, 0) is 30.3 Å². The third-order valence-electron chi connectivity index (χ3n) is 4.64. The van der Waals surface area contributed by atoms with Crippen molar-refractivity contribution in [1.29, 1.82) is 0 Å². The van der Waals surface area contributed by atoms with Gasteiger partial charge in [-0.25, -0.2) is 9.78 Å². The SMILES string of the molecule is O=C(NCCN1CCN(c2ncc(C(F)(F)F)cc2Cl)CC1)Nc1ccc(Cl)cc1. The topological polar surface area (TPSA) is 60.5 Å². The molecule has 1 aromatic carbocycles. The van der Waals surface area contributed by atoms with Gasteiger partial charge in [0, 0.05) is 56.2 Å². The van der Waals surface area contributed by atoms with E-state index in [2.05, 4.69) is 20.5 Å². The number of carbonyl (C=O) groups excluding carboxylic acids is 1. The molecule has 0 atom stereocenters. The number of anilines is 2. The van der Waals surface area contributed by atoms with Crippen LogP contribution in [-0.4, -0.2) is 55.2 Å². The highest BCUT2D eigenvalue weighted by atomic mass is 35.5. The number of benzene rings is 1. The van der Waals surface area contributed by atoms with Crippen LogP contribution in [0.5, 0.6) is 0 Å². The van der Waals surface area contributed by atoms with Crippen LogP contribution in [0.3, 0.4) is 0 Å². The number of hydrogen-bond acceptors (Lipinski definition) is 4. The molecule has 3 rings (SSSR count). The van der Waals surface area contributed by atoms with Crippen LogP contribution in [0.15, 0.2) is 36.5 Å². The fourth-order valence-corrected chi connectivity index (χ4v) is 3.45. The minimum atomic E-state index is -4.47. The van der Waals surface area contributed by atoms with Gasteiger partial charge in [0.2, 0.25) is 0 Å². The summed E-state index contributed by atoms with van der Waals surface area (Å²) < 4.78 is 38.2. The first kappa shape index (κ1) is 22.5. The molecule has 0 spiro atoms. The predicted octanol–water partition coefficient (Wildman–Crippen LogP) is 4.35. The van der Waals surface area contributed by atoms with E-state index in [1.807, 2.05) is 4.90 Å². The highest BCUT2D eigenvalue weighted by molar-refractivity contribution is 6.33. The van der Waals surface area contributed by atoms with E-state index in [1.54, 1.807) is 24.3 Å². The maximum absolute atomic E-state index is 12.7. The number of pyridine rings is 1. The number of amides is 2. The molecule has 2 N–H and O–H groups in total. The first-order valence-electron chi connectivity index (χ1n) is 9.23. The molecule has 1 aliphatic heterocycles. The summed E-state index contributed by atoms with van der Waals surface area (Å²) in [6, 6.07) is 7.39. The van der Waals surface area contributed by atoms with Crippen LogP contribution in [0.1, 0.15) is 5.56 Å². The summed E-state index contributed by atoms with van der Waals surface area (Å²) in [5, 5.41) is 6.08. The van der Waals surface area contributed by atoms with Gasteiger partial charge in [-0.3, -0.25) is 4.90 Å². The molecular formula is C19H20Cl2F3N5O. The van der Waals surface area contributed by atoms with E-state index < -0.39 is 11.7 Å². The van der Waals surface area contributed by atoms with E-state index in [4.69, 9.17) is 23.2 Å². The lowest BCUT2D eigenvalue weighted by Gasteiger charge is -2.35. The van der Waals surface area contributed by atoms with Crippen LogP contribution in [0, 0.1) is 0 Å². The summed E-state index contributed by atoms with van der Waals surface area (Å²) in [6.07, 6.45) is -3.67. The van der Waals surface area contributed by atoms with Crippen molar-refractivity contribution >= 4 is 40.7 Å². The van der Waals surface area contributed by atoms with Crippen LogP contribution < -0.4 is 15.5 Å². The molecule has 0 unspecified atom stereocenters. The van der Waals surface area contributed by atoms with Crippen LogP contribution in [0.2, 0.25) is 10.0 Å². The van der Waals surface area contributed by atoms with Crippen LogP contribution in [0.25, 0.3) is 0 Å². The zero-order chi connectivity index (χ0) is 21.7. The average Bonchev–Trinajstić information content (AvgIpc) is 2.70. The van der Waals surface area contributed by atoms with Crippen molar-refractivity contribution in [1.82, 2.24) is 15.2 Å². The molecule has 1 fully saturated rings. The largest absolute Gasteiger partial charge is 0.417 e. The maximum atomic E-state index is 12.7. The molecule has 0 radical (unpaired) electrons. The number of urea groups is 1. The number of carbonyl (C=O) groups is 1. The second kappa shape index (κ2) is 9.72. The highest BCUT2D eigenvalue weighted by Gasteiger charge is 2.32. The molecule has 2 amide bonds. The van der Waals surface area contributed by atoms with Gasteiger partial charge in [0.05, 0.1) is 10.6 Å². The third kappa shape index (κ3) is 6.13. The van der Waals surface area contributed by atoms with Gasteiger partial charge in [-0.15, -0.1) is 0 Å². The summed E-state index contributed by atoms with van der Waals surface area (Å²) in [4.78, 5) is 19.8. The quantitative estimate of drug-likeness (QED) is 0.694. The molecule has 6 nitrogen and oxygen atoms in total. The number of piperazine rings is 1. The second-order valence-corrected chi connectivity index (χ2v) is 7.59. The lowest BCUT2D eigenvalue weighted by molar-refractivity contribution is -0.137. The van der Waals surface area contributed by atoms with E-state index in [0.717, 1.165) is 12.3 Å². The van der Waals surface area contributed by atoms with Gasteiger partial charge >= 0.3 is 12.2 Å². The number of nitrogens with zero attached hydrogens (tertiary/aromatic N) is 3. The van der Waals surface area contributed by atoms with Gasteiger partial charge in [0.15, 0.2) is 0 Å². The fourth-order valence-electron chi connectivity index (χ4n) is 3.04. The zero-order valence-electron chi connectivity index (χ0n) is 15.8. The molecule has 0 bridgehead atoms.